The number of carbonyl (C=O) groups is 2. The van der Waals surface area contributed by atoms with Crippen molar-refractivity contribution in [3.05, 3.63) is 24.2 Å². The summed E-state index contributed by atoms with van der Waals surface area (Å²) in [5, 5.41) is 11.6. The van der Waals surface area contributed by atoms with Gasteiger partial charge in [-0.3, -0.25) is 4.79 Å². The van der Waals surface area contributed by atoms with Crippen molar-refractivity contribution in [2.24, 2.45) is 5.92 Å². The SMILES string of the molecule is CCC(C)C(NC(=O)CCc1ccoc1)C(=O)O. The Balaban J connectivity index is 2.44. The zero-order valence-corrected chi connectivity index (χ0v) is 10.7. The van der Waals surface area contributed by atoms with E-state index in [0.29, 0.717) is 12.8 Å². The van der Waals surface area contributed by atoms with Crippen LogP contribution < -0.4 is 5.32 Å². The molecule has 0 spiro atoms. The van der Waals surface area contributed by atoms with Gasteiger partial charge < -0.3 is 14.8 Å². The Morgan fingerprint density at radius 3 is 2.72 bits per heavy atom. The van der Waals surface area contributed by atoms with Crippen molar-refractivity contribution in [3.8, 4) is 0 Å². The highest BCUT2D eigenvalue weighted by Gasteiger charge is 2.24. The normalized spacial score (nSPS) is 13.9. The molecule has 1 amide bonds. The van der Waals surface area contributed by atoms with E-state index < -0.39 is 12.0 Å². The van der Waals surface area contributed by atoms with Crippen molar-refractivity contribution < 1.29 is 19.1 Å². The molecule has 0 aliphatic rings. The number of carboxylic acid groups (broad SMARTS) is 1. The molecule has 0 bridgehead atoms. The average molecular weight is 253 g/mol. The van der Waals surface area contributed by atoms with E-state index in [-0.39, 0.29) is 18.2 Å². The molecule has 0 aliphatic carbocycles. The fourth-order valence-electron chi connectivity index (χ4n) is 1.62. The summed E-state index contributed by atoms with van der Waals surface area (Å²) in [5.41, 5.74) is 0.931. The minimum absolute atomic E-state index is 0.0830. The summed E-state index contributed by atoms with van der Waals surface area (Å²) in [4.78, 5) is 22.7. The van der Waals surface area contributed by atoms with Crippen LogP contribution >= 0.6 is 0 Å². The maximum absolute atomic E-state index is 11.7. The lowest BCUT2D eigenvalue weighted by atomic mass is 9.99. The van der Waals surface area contributed by atoms with E-state index in [0.717, 1.165) is 5.56 Å². The van der Waals surface area contributed by atoms with Gasteiger partial charge in [0.2, 0.25) is 5.91 Å². The standard InChI is InChI=1S/C13H19NO4/c1-3-9(2)12(13(16)17)14-11(15)5-4-10-6-7-18-8-10/h6-9,12H,3-5H2,1-2H3,(H,14,15)(H,16,17). The first-order chi connectivity index (χ1) is 8.54. The molecule has 0 fully saturated rings. The summed E-state index contributed by atoms with van der Waals surface area (Å²) in [6.45, 7) is 3.72. The Morgan fingerprint density at radius 2 is 2.22 bits per heavy atom. The zero-order chi connectivity index (χ0) is 13.5. The minimum atomic E-state index is -0.985. The van der Waals surface area contributed by atoms with Gasteiger partial charge in [0, 0.05) is 6.42 Å². The smallest absolute Gasteiger partial charge is 0.326 e. The van der Waals surface area contributed by atoms with Gasteiger partial charge in [-0.15, -0.1) is 0 Å². The molecule has 0 saturated carbocycles. The van der Waals surface area contributed by atoms with Crippen LogP contribution in [0.4, 0.5) is 0 Å². The second-order valence-corrected chi connectivity index (χ2v) is 4.40. The Labute approximate surface area is 106 Å². The number of carbonyl (C=O) groups excluding carboxylic acids is 1. The third kappa shape index (κ3) is 4.24. The van der Waals surface area contributed by atoms with Gasteiger partial charge in [-0.2, -0.15) is 0 Å². The van der Waals surface area contributed by atoms with E-state index in [1.165, 1.54) is 0 Å². The number of nitrogens with one attached hydrogen (secondary N) is 1. The highest BCUT2D eigenvalue weighted by atomic mass is 16.4. The average Bonchev–Trinajstić information content (AvgIpc) is 2.85. The maximum Gasteiger partial charge on any atom is 0.326 e. The van der Waals surface area contributed by atoms with Crippen molar-refractivity contribution in [1.29, 1.82) is 0 Å². The van der Waals surface area contributed by atoms with E-state index in [4.69, 9.17) is 9.52 Å². The number of rotatable bonds is 7. The van der Waals surface area contributed by atoms with Crippen molar-refractivity contribution >= 4 is 11.9 Å². The van der Waals surface area contributed by atoms with Crippen LogP contribution in [0.5, 0.6) is 0 Å². The Morgan fingerprint density at radius 1 is 1.50 bits per heavy atom. The number of hydrogen-bond donors (Lipinski definition) is 2. The quantitative estimate of drug-likeness (QED) is 0.777. The largest absolute Gasteiger partial charge is 0.480 e. The van der Waals surface area contributed by atoms with Crippen LogP contribution in [-0.4, -0.2) is 23.0 Å². The molecule has 0 aliphatic heterocycles. The molecule has 18 heavy (non-hydrogen) atoms. The lowest BCUT2D eigenvalue weighted by Crippen LogP contribution is -2.45. The highest BCUT2D eigenvalue weighted by Crippen LogP contribution is 2.09. The second-order valence-electron chi connectivity index (χ2n) is 4.40. The molecule has 100 valence electrons. The molecule has 0 saturated heterocycles. The first kappa shape index (κ1) is 14.3. The van der Waals surface area contributed by atoms with E-state index in [9.17, 15) is 9.59 Å². The summed E-state index contributed by atoms with van der Waals surface area (Å²) >= 11 is 0. The number of amides is 1. The molecule has 2 atom stereocenters. The molecule has 0 radical (unpaired) electrons. The van der Waals surface area contributed by atoms with Crippen molar-refractivity contribution in [2.75, 3.05) is 0 Å². The van der Waals surface area contributed by atoms with Crippen LogP contribution in [0.1, 0.15) is 32.3 Å². The van der Waals surface area contributed by atoms with Crippen LogP contribution in [-0.2, 0) is 16.0 Å². The predicted octanol–water partition coefficient (Wildman–Crippen LogP) is 1.83. The molecular weight excluding hydrogens is 234 g/mol. The summed E-state index contributed by atoms with van der Waals surface area (Å²) in [6, 6.07) is 0.975. The molecular formula is C13H19NO4. The second kappa shape index (κ2) is 6.83. The van der Waals surface area contributed by atoms with E-state index in [1.807, 2.05) is 13.8 Å². The number of carboxylic acids is 1. The van der Waals surface area contributed by atoms with Crippen molar-refractivity contribution in [3.63, 3.8) is 0 Å². The molecule has 0 aromatic carbocycles. The highest BCUT2D eigenvalue weighted by molar-refractivity contribution is 5.83. The summed E-state index contributed by atoms with van der Waals surface area (Å²) < 4.78 is 4.90. The Hall–Kier alpha value is -1.78. The fourth-order valence-corrected chi connectivity index (χ4v) is 1.62. The molecule has 5 heteroatoms. The third-order valence-corrected chi connectivity index (χ3v) is 3.02. The summed E-state index contributed by atoms with van der Waals surface area (Å²) in [6.07, 6.45) is 4.65. The maximum atomic E-state index is 11.7. The molecule has 1 aromatic heterocycles. The van der Waals surface area contributed by atoms with Gasteiger partial charge in [0.1, 0.15) is 6.04 Å². The molecule has 1 rings (SSSR count). The Bertz CT molecular complexity index is 386. The molecule has 5 nitrogen and oxygen atoms in total. The molecule has 1 aromatic rings. The lowest BCUT2D eigenvalue weighted by Gasteiger charge is -2.19. The molecule has 2 unspecified atom stereocenters. The van der Waals surface area contributed by atoms with Crippen molar-refractivity contribution in [1.82, 2.24) is 5.32 Å². The van der Waals surface area contributed by atoms with Crippen LogP contribution in [0.15, 0.2) is 23.0 Å². The van der Waals surface area contributed by atoms with Gasteiger partial charge >= 0.3 is 5.97 Å². The number of aryl methyl sites for hydroxylation is 1. The fraction of sp³-hybridized carbons (Fsp3) is 0.538. The first-order valence-corrected chi connectivity index (χ1v) is 6.07. The number of furan rings is 1. The van der Waals surface area contributed by atoms with Crippen LogP contribution in [0.2, 0.25) is 0 Å². The topological polar surface area (TPSA) is 79.5 Å². The lowest BCUT2D eigenvalue weighted by molar-refractivity contribution is -0.143. The van der Waals surface area contributed by atoms with Gasteiger partial charge in [0.25, 0.3) is 0 Å². The number of aliphatic carboxylic acids is 1. The van der Waals surface area contributed by atoms with Gasteiger partial charge in [0.15, 0.2) is 0 Å². The van der Waals surface area contributed by atoms with Crippen LogP contribution in [0.3, 0.4) is 0 Å². The van der Waals surface area contributed by atoms with Crippen molar-refractivity contribution in [2.45, 2.75) is 39.2 Å². The summed E-state index contributed by atoms with van der Waals surface area (Å²) in [5.74, 6) is -1.31. The van der Waals surface area contributed by atoms with Gasteiger partial charge in [-0.1, -0.05) is 20.3 Å². The monoisotopic (exact) mass is 253 g/mol. The Kier molecular flexibility index (Phi) is 5.42. The number of hydrogen-bond acceptors (Lipinski definition) is 3. The van der Waals surface area contributed by atoms with Gasteiger partial charge in [-0.05, 0) is 24.0 Å². The van der Waals surface area contributed by atoms with E-state index in [2.05, 4.69) is 5.32 Å². The van der Waals surface area contributed by atoms with Crippen LogP contribution in [0, 0.1) is 5.92 Å². The third-order valence-electron chi connectivity index (χ3n) is 3.02. The molecule has 2 N–H and O–H groups in total. The first-order valence-electron chi connectivity index (χ1n) is 6.07. The van der Waals surface area contributed by atoms with Gasteiger partial charge in [0.05, 0.1) is 12.5 Å². The predicted molar refractivity (Wildman–Crippen MR) is 66.1 cm³/mol. The van der Waals surface area contributed by atoms with E-state index in [1.54, 1.807) is 18.6 Å². The molecule has 1 heterocycles. The zero-order valence-electron chi connectivity index (χ0n) is 10.7. The minimum Gasteiger partial charge on any atom is -0.480 e. The van der Waals surface area contributed by atoms with E-state index >= 15 is 0 Å². The van der Waals surface area contributed by atoms with Gasteiger partial charge in [-0.25, -0.2) is 4.79 Å². The van der Waals surface area contributed by atoms with Crippen LogP contribution in [0.25, 0.3) is 0 Å². The summed E-state index contributed by atoms with van der Waals surface area (Å²) in [7, 11) is 0.